The number of carbonyl (C=O) groups excluding carboxylic acids is 2. The van der Waals surface area contributed by atoms with Gasteiger partial charge in [0.15, 0.2) is 0 Å². The van der Waals surface area contributed by atoms with E-state index < -0.39 is 18.1 Å². The summed E-state index contributed by atoms with van der Waals surface area (Å²) in [6.07, 6.45) is 0.146. The Bertz CT molecular complexity index is 1190. The molecule has 0 aliphatic heterocycles. The van der Waals surface area contributed by atoms with Gasteiger partial charge in [0.05, 0.1) is 0 Å². The molecule has 1 aliphatic rings. The zero-order chi connectivity index (χ0) is 24.9. The molecule has 1 unspecified atom stereocenters. The molecule has 35 heavy (non-hydrogen) atoms. The maximum absolute atomic E-state index is 12.5. The first-order chi connectivity index (χ1) is 16.8. The average molecular weight is 473 g/mol. The van der Waals surface area contributed by atoms with Crippen LogP contribution in [0.5, 0.6) is 0 Å². The lowest BCUT2D eigenvalue weighted by atomic mass is 9.98. The van der Waals surface area contributed by atoms with E-state index in [4.69, 9.17) is 9.84 Å². The Balaban J connectivity index is 1.30. The minimum absolute atomic E-state index is 0.00459. The van der Waals surface area contributed by atoms with Gasteiger partial charge in [-0.1, -0.05) is 60.7 Å². The minimum Gasteiger partial charge on any atom is -0.480 e. The molecule has 7 nitrogen and oxygen atoms in total. The fourth-order valence-corrected chi connectivity index (χ4v) is 4.32. The van der Waals surface area contributed by atoms with Gasteiger partial charge in [0, 0.05) is 25.1 Å². The SMILES string of the molecule is CC(C(=O)O)N(C)C(=O)CCc1ccc(NC(=O)OCC2c3ccccc3-c3ccccc32)cc1. The van der Waals surface area contributed by atoms with Crippen molar-refractivity contribution >= 4 is 23.7 Å². The van der Waals surface area contributed by atoms with Crippen molar-refractivity contribution in [3.63, 3.8) is 0 Å². The van der Waals surface area contributed by atoms with Crippen molar-refractivity contribution in [2.75, 3.05) is 19.0 Å². The number of carboxylic acid groups (broad SMARTS) is 1. The second-order valence-corrected chi connectivity index (χ2v) is 8.67. The zero-order valence-corrected chi connectivity index (χ0v) is 19.7. The molecule has 7 heteroatoms. The standard InChI is InChI=1S/C28H28N2O5/c1-18(27(32)33)30(2)26(31)16-13-19-11-14-20(15-12-19)29-28(34)35-17-25-23-9-5-3-7-21(23)22-8-4-6-10-24(22)25/h3-12,14-15,18,25H,13,16-17H2,1-2H3,(H,29,34)(H,32,33). The molecule has 0 radical (unpaired) electrons. The van der Waals surface area contributed by atoms with Crippen LogP contribution in [0.4, 0.5) is 10.5 Å². The number of fused-ring (bicyclic) bond motifs is 3. The van der Waals surface area contributed by atoms with Gasteiger partial charge in [0.1, 0.15) is 12.6 Å². The summed E-state index contributed by atoms with van der Waals surface area (Å²) in [6, 6.07) is 22.6. The fourth-order valence-electron chi connectivity index (χ4n) is 4.32. The summed E-state index contributed by atoms with van der Waals surface area (Å²) in [4.78, 5) is 36.9. The van der Waals surface area contributed by atoms with Gasteiger partial charge in [-0.25, -0.2) is 9.59 Å². The summed E-state index contributed by atoms with van der Waals surface area (Å²) < 4.78 is 5.57. The highest BCUT2D eigenvalue weighted by Crippen LogP contribution is 2.44. The number of nitrogens with zero attached hydrogens (tertiary/aromatic N) is 1. The molecule has 1 atom stereocenters. The third kappa shape index (κ3) is 5.35. The Morgan fingerprint density at radius 2 is 1.51 bits per heavy atom. The van der Waals surface area contributed by atoms with Crippen LogP contribution in [0.3, 0.4) is 0 Å². The number of carbonyl (C=O) groups is 3. The minimum atomic E-state index is -1.04. The lowest BCUT2D eigenvalue weighted by molar-refractivity contribution is -0.148. The molecule has 2 amide bonds. The van der Waals surface area contributed by atoms with Crippen LogP contribution in [0.2, 0.25) is 0 Å². The van der Waals surface area contributed by atoms with E-state index in [0.717, 1.165) is 16.7 Å². The van der Waals surface area contributed by atoms with Crippen molar-refractivity contribution in [1.82, 2.24) is 4.90 Å². The lowest BCUT2D eigenvalue weighted by Gasteiger charge is -2.21. The van der Waals surface area contributed by atoms with E-state index in [1.807, 2.05) is 36.4 Å². The van der Waals surface area contributed by atoms with E-state index in [2.05, 4.69) is 29.6 Å². The first kappa shape index (κ1) is 24.0. The molecule has 0 saturated carbocycles. The average Bonchev–Trinajstić information content (AvgIpc) is 3.19. The van der Waals surface area contributed by atoms with Gasteiger partial charge in [0.2, 0.25) is 5.91 Å². The molecule has 3 aromatic carbocycles. The summed E-state index contributed by atoms with van der Waals surface area (Å²) in [5, 5.41) is 11.8. The Labute approximate surface area is 204 Å². The Hall–Kier alpha value is -4.13. The van der Waals surface area contributed by atoms with Gasteiger partial charge in [-0.3, -0.25) is 10.1 Å². The van der Waals surface area contributed by atoms with Crippen LogP contribution in [-0.2, 0) is 20.7 Å². The van der Waals surface area contributed by atoms with Crippen LogP contribution in [0.1, 0.15) is 36.0 Å². The van der Waals surface area contributed by atoms with Gasteiger partial charge in [-0.2, -0.15) is 0 Å². The molecule has 0 saturated heterocycles. The molecular weight excluding hydrogens is 444 g/mol. The zero-order valence-electron chi connectivity index (χ0n) is 19.7. The van der Waals surface area contributed by atoms with E-state index in [1.165, 1.54) is 30.0 Å². The molecule has 0 fully saturated rings. The molecule has 2 N–H and O–H groups in total. The fraction of sp³-hybridized carbons (Fsp3) is 0.250. The summed E-state index contributed by atoms with van der Waals surface area (Å²) in [5.74, 6) is -1.28. The monoisotopic (exact) mass is 472 g/mol. The van der Waals surface area contributed by atoms with Crippen molar-refractivity contribution in [2.45, 2.75) is 31.7 Å². The van der Waals surface area contributed by atoms with Crippen LogP contribution in [-0.4, -0.2) is 47.7 Å². The number of carboxylic acids is 1. The summed E-state index contributed by atoms with van der Waals surface area (Å²) in [6.45, 7) is 1.71. The smallest absolute Gasteiger partial charge is 0.411 e. The molecule has 0 heterocycles. The number of rotatable bonds is 8. The Morgan fingerprint density at radius 1 is 0.943 bits per heavy atom. The first-order valence-electron chi connectivity index (χ1n) is 11.5. The predicted molar refractivity (Wildman–Crippen MR) is 133 cm³/mol. The maximum atomic E-state index is 12.5. The number of hydrogen-bond donors (Lipinski definition) is 2. The van der Waals surface area contributed by atoms with Gasteiger partial charge in [0.25, 0.3) is 0 Å². The summed E-state index contributed by atoms with van der Waals surface area (Å²) in [5.41, 5.74) is 6.17. The third-order valence-corrected chi connectivity index (χ3v) is 6.50. The summed E-state index contributed by atoms with van der Waals surface area (Å²) in [7, 11) is 1.49. The number of likely N-dealkylation sites (N-methyl/N-ethyl adjacent to an activating group) is 1. The highest BCUT2D eigenvalue weighted by molar-refractivity contribution is 5.85. The molecule has 1 aliphatic carbocycles. The normalized spacial score (nSPS) is 12.9. The maximum Gasteiger partial charge on any atom is 0.411 e. The summed E-state index contributed by atoms with van der Waals surface area (Å²) >= 11 is 0. The number of hydrogen-bond acceptors (Lipinski definition) is 4. The highest BCUT2D eigenvalue weighted by Gasteiger charge is 2.29. The van der Waals surface area contributed by atoms with E-state index >= 15 is 0 Å². The number of anilines is 1. The number of aliphatic carboxylic acids is 1. The molecule has 0 spiro atoms. The second kappa shape index (κ2) is 10.4. The highest BCUT2D eigenvalue weighted by atomic mass is 16.5. The lowest BCUT2D eigenvalue weighted by Crippen LogP contribution is -2.40. The van der Waals surface area contributed by atoms with E-state index in [-0.39, 0.29) is 24.9 Å². The largest absolute Gasteiger partial charge is 0.480 e. The number of ether oxygens (including phenoxy) is 1. The molecule has 0 bridgehead atoms. The third-order valence-electron chi connectivity index (χ3n) is 6.50. The number of benzene rings is 3. The quantitative estimate of drug-likeness (QED) is 0.486. The van der Waals surface area contributed by atoms with Crippen LogP contribution in [0.15, 0.2) is 72.8 Å². The van der Waals surface area contributed by atoms with Crippen molar-refractivity contribution in [2.24, 2.45) is 0 Å². The molecule has 180 valence electrons. The van der Waals surface area contributed by atoms with E-state index in [0.29, 0.717) is 12.1 Å². The first-order valence-corrected chi connectivity index (χ1v) is 11.5. The van der Waals surface area contributed by atoms with Gasteiger partial charge < -0.3 is 14.7 Å². The van der Waals surface area contributed by atoms with Crippen molar-refractivity contribution in [3.05, 3.63) is 89.5 Å². The number of amides is 2. The number of nitrogens with one attached hydrogen (secondary N) is 1. The molecule has 4 rings (SSSR count). The van der Waals surface area contributed by atoms with Crippen LogP contribution < -0.4 is 5.32 Å². The van der Waals surface area contributed by atoms with Gasteiger partial charge >= 0.3 is 12.1 Å². The molecule has 0 aromatic heterocycles. The van der Waals surface area contributed by atoms with Crippen LogP contribution in [0.25, 0.3) is 11.1 Å². The van der Waals surface area contributed by atoms with Crippen LogP contribution in [0, 0.1) is 0 Å². The molecular formula is C28H28N2O5. The van der Waals surface area contributed by atoms with E-state index in [9.17, 15) is 14.4 Å². The second-order valence-electron chi connectivity index (χ2n) is 8.67. The van der Waals surface area contributed by atoms with Gasteiger partial charge in [-0.05, 0) is 53.3 Å². The van der Waals surface area contributed by atoms with Gasteiger partial charge in [-0.15, -0.1) is 0 Å². The van der Waals surface area contributed by atoms with Crippen molar-refractivity contribution < 1.29 is 24.2 Å². The van der Waals surface area contributed by atoms with Crippen LogP contribution >= 0.6 is 0 Å². The van der Waals surface area contributed by atoms with Crippen molar-refractivity contribution in [3.8, 4) is 11.1 Å². The molecule has 3 aromatic rings. The Morgan fingerprint density at radius 3 is 2.09 bits per heavy atom. The van der Waals surface area contributed by atoms with Crippen molar-refractivity contribution in [1.29, 1.82) is 0 Å². The van der Waals surface area contributed by atoms with E-state index in [1.54, 1.807) is 12.1 Å². The predicted octanol–water partition coefficient (Wildman–Crippen LogP) is 4.91. The number of aryl methyl sites for hydroxylation is 1. The Kier molecular flexibility index (Phi) is 7.15. The topological polar surface area (TPSA) is 95.9 Å².